The molecule has 1 heterocycles. The van der Waals surface area contributed by atoms with E-state index < -0.39 is 81.5 Å². The second-order valence-electron chi connectivity index (χ2n) is 9.82. The van der Waals surface area contributed by atoms with Crippen molar-refractivity contribution in [1.82, 2.24) is 15.0 Å². The van der Waals surface area contributed by atoms with Gasteiger partial charge in [0.1, 0.15) is 16.3 Å². The van der Waals surface area contributed by atoms with Crippen LogP contribution >= 0.6 is 12.0 Å². The molecular weight excluding hydrogens is 751 g/mol. The summed E-state index contributed by atoms with van der Waals surface area (Å²) >= 11 is 0.237. The Morgan fingerprint density at radius 3 is 2.32 bits per heavy atom. The van der Waals surface area contributed by atoms with E-state index in [1.165, 1.54) is 24.3 Å². The zero-order valence-corrected chi connectivity index (χ0v) is 27.7. The summed E-state index contributed by atoms with van der Waals surface area (Å²) in [6.07, 6.45) is 0. The molecule has 0 fully saturated rings. The van der Waals surface area contributed by atoms with Gasteiger partial charge < -0.3 is 15.7 Å². The van der Waals surface area contributed by atoms with Crippen LogP contribution in [-0.4, -0.2) is 76.5 Å². The first-order chi connectivity index (χ1) is 23.4. The van der Waals surface area contributed by atoms with Gasteiger partial charge in [-0.2, -0.15) is 35.2 Å². The van der Waals surface area contributed by atoms with Gasteiger partial charge in [0.15, 0.2) is 5.75 Å². The summed E-state index contributed by atoms with van der Waals surface area (Å²) in [5.74, 6) is -2.44. The molecule has 8 N–H and O–H groups in total. The molecule has 0 aliphatic heterocycles. The van der Waals surface area contributed by atoms with Crippen molar-refractivity contribution in [1.29, 1.82) is 0 Å². The SMILES string of the molecule is O=c1nc(NCCS(=O)(=O)O)nc(Nc2cc(S(=O)(=O)O)cc3cc(SOOO)c(N=Nc4ccc5ccccc5c4S(=O)(=O)O)c(O)c23)[nH]1. The highest BCUT2D eigenvalue weighted by Gasteiger charge is 2.24. The maximum Gasteiger partial charge on any atom is 0.351 e. The number of fused-ring (bicyclic) bond motifs is 2. The van der Waals surface area contributed by atoms with Crippen LogP contribution < -0.4 is 16.3 Å². The second-order valence-corrected chi connectivity index (χ2v) is 14.9. The van der Waals surface area contributed by atoms with Crippen molar-refractivity contribution < 1.29 is 58.6 Å². The standard InChI is InChI=1S/C25H21N7O14S4/c33-21-19-13(9-14(49(39,40)41)11-17(19)27-24-28-23(29-25(34)30-24)26-7-8-48(36,37)38)10-18(47-46-45-35)20(21)32-31-16-6-5-12-3-1-2-4-15(12)22(16)50(42,43)44/h1-6,9-11,33,35H,7-8H2,(H,36,37,38)(H,39,40,41)(H,42,43,44)(H3,26,27,28,29,30,34). The Kier molecular flexibility index (Phi) is 10.3. The van der Waals surface area contributed by atoms with Gasteiger partial charge in [0.05, 0.1) is 33.3 Å². The van der Waals surface area contributed by atoms with Crippen LogP contribution in [0.15, 0.2) is 84.3 Å². The molecule has 0 radical (unpaired) electrons. The van der Waals surface area contributed by atoms with Crippen LogP contribution in [0.25, 0.3) is 21.5 Å². The molecule has 21 nitrogen and oxygen atoms in total. The number of nitrogens with one attached hydrogen (secondary N) is 3. The normalized spacial score (nSPS) is 12.6. The Hall–Kier alpha value is -4.83. The lowest BCUT2D eigenvalue weighted by Crippen LogP contribution is -2.21. The fraction of sp³-hybridized carbons (Fsp3) is 0.0800. The molecule has 50 heavy (non-hydrogen) atoms. The van der Waals surface area contributed by atoms with Gasteiger partial charge in [0, 0.05) is 17.3 Å². The van der Waals surface area contributed by atoms with Crippen molar-refractivity contribution in [3.63, 3.8) is 0 Å². The first-order valence-corrected chi connectivity index (χ1v) is 18.5. The highest BCUT2D eigenvalue weighted by molar-refractivity contribution is 7.94. The average molecular weight is 772 g/mol. The summed E-state index contributed by atoms with van der Waals surface area (Å²) in [6, 6.07) is 11.8. The molecule has 0 unspecified atom stereocenters. The molecule has 0 aliphatic carbocycles. The second kappa shape index (κ2) is 14.2. The van der Waals surface area contributed by atoms with E-state index in [-0.39, 0.29) is 44.5 Å². The number of benzene rings is 4. The van der Waals surface area contributed by atoms with Crippen molar-refractivity contribution in [2.24, 2.45) is 10.2 Å². The topological polar surface area (TPSA) is 329 Å². The lowest BCUT2D eigenvalue weighted by atomic mass is 10.1. The van der Waals surface area contributed by atoms with Crippen molar-refractivity contribution in [3.8, 4) is 5.75 Å². The number of phenolic OH excluding ortho intramolecular Hbond substituents is 1. The van der Waals surface area contributed by atoms with Crippen molar-refractivity contribution >= 4 is 92.9 Å². The van der Waals surface area contributed by atoms with Gasteiger partial charge in [-0.1, -0.05) is 35.4 Å². The Bertz CT molecular complexity index is 2560. The maximum absolute atomic E-state index is 12.4. The van der Waals surface area contributed by atoms with E-state index >= 15 is 0 Å². The molecule has 4 aromatic carbocycles. The molecule has 0 saturated heterocycles. The van der Waals surface area contributed by atoms with Gasteiger partial charge in [-0.05, 0) is 35.0 Å². The number of nitrogens with zero attached hydrogens (tertiary/aromatic N) is 4. The third kappa shape index (κ3) is 8.48. The summed E-state index contributed by atoms with van der Waals surface area (Å²) in [5.41, 5.74) is -2.23. The molecule has 0 spiro atoms. The Morgan fingerprint density at radius 1 is 0.900 bits per heavy atom. The summed E-state index contributed by atoms with van der Waals surface area (Å²) in [4.78, 5) is 20.3. The number of H-pyrrole nitrogens is 1. The fourth-order valence-corrected chi connectivity index (χ4v) is 6.78. The number of phenols is 1. The van der Waals surface area contributed by atoms with Crippen LogP contribution in [-0.2, 0) is 39.7 Å². The number of hydrogen-bond donors (Lipinski definition) is 8. The summed E-state index contributed by atoms with van der Waals surface area (Å²) in [7, 11) is -14.2. The Labute approximate surface area is 284 Å². The number of anilines is 3. The summed E-state index contributed by atoms with van der Waals surface area (Å²) < 4.78 is 104. The maximum atomic E-state index is 12.4. The molecule has 0 atom stereocenters. The van der Waals surface area contributed by atoms with Crippen LogP contribution in [0.3, 0.4) is 0 Å². The summed E-state index contributed by atoms with van der Waals surface area (Å²) in [5, 5.41) is 36.9. The highest BCUT2D eigenvalue weighted by atomic mass is 32.2. The minimum Gasteiger partial charge on any atom is -0.505 e. The Balaban J connectivity index is 1.70. The minimum atomic E-state index is -4.93. The molecule has 25 heteroatoms. The van der Waals surface area contributed by atoms with Crippen LogP contribution in [0.5, 0.6) is 5.75 Å². The largest absolute Gasteiger partial charge is 0.505 e. The molecule has 5 rings (SSSR count). The summed E-state index contributed by atoms with van der Waals surface area (Å²) in [6.45, 7) is -0.422. The third-order valence-corrected chi connectivity index (χ3v) is 9.61. The van der Waals surface area contributed by atoms with Crippen molar-refractivity contribution in [2.45, 2.75) is 14.7 Å². The van der Waals surface area contributed by atoms with Crippen LogP contribution in [0.4, 0.5) is 29.0 Å². The minimum absolute atomic E-state index is 0.0933. The zero-order valence-electron chi connectivity index (χ0n) is 24.4. The first-order valence-electron chi connectivity index (χ1n) is 13.3. The smallest absolute Gasteiger partial charge is 0.351 e. The van der Waals surface area contributed by atoms with E-state index in [0.29, 0.717) is 5.39 Å². The van der Waals surface area contributed by atoms with Gasteiger partial charge in [-0.3, -0.25) is 18.6 Å². The van der Waals surface area contributed by atoms with Crippen LogP contribution in [0.1, 0.15) is 0 Å². The zero-order chi connectivity index (χ0) is 36.4. The molecule has 264 valence electrons. The molecule has 0 bridgehead atoms. The Morgan fingerprint density at radius 2 is 1.64 bits per heavy atom. The predicted octanol–water partition coefficient (Wildman–Crippen LogP) is 3.56. The van der Waals surface area contributed by atoms with Gasteiger partial charge in [0.2, 0.25) is 11.9 Å². The van der Waals surface area contributed by atoms with Gasteiger partial charge in [0.25, 0.3) is 30.4 Å². The van der Waals surface area contributed by atoms with Gasteiger partial charge in [-0.15, -0.1) is 14.6 Å². The number of aromatic amines is 1. The van der Waals surface area contributed by atoms with E-state index in [1.807, 2.05) is 0 Å². The molecule has 0 amide bonds. The molecular formula is C25H21N7O14S4. The van der Waals surface area contributed by atoms with Gasteiger partial charge >= 0.3 is 5.69 Å². The molecule has 0 aliphatic rings. The van der Waals surface area contributed by atoms with Gasteiger partial charge in [-0.25, -0.2) is 10.1 Å². The van der Waals surface area contributed by atoms with Crippen molar-refractivity contribution in [2.75, 3.05) is 22.9 Å². The number of aromatic nitrogens is 3. The molecule has 1 aromatic heterocycles. The van der Waals surface area contributed by atoms with E-state index in [1.54, 1.807) is 12.1 Å². The lowest BCUT2D eigenvalue weighted by molar-refractivity contribution is -0.432. The number of aromatic hydroxyl groups is 1. The predicted molar refractivity (Wildman–Crippen MR) is 175 cm³/mol. The third-order valence-electron chi connectivity index (χ3n) is 6.50. The van der Waals surface area contributed by atoms with Crippen LogP contribution in [0.2, 0.25) is 0 Å². The van der Waals surface area contributed by atoms with E-state index in [0.717, 1.165) is 18.2 Å². The monoisotopic (exact) mass is 771 g/mol. The fourth-order valence-electron chi connectivity index (χ4n) is 4.55. The lowest BCUT2D eigenvalue weighted by Gasteiger charge is -2.15. The van der Waals surface area contributed by atoms with Crippen molar-refractivity contribution in [3.05, 3.63) is 65.1 Å². The number of hydrogen-bond acceptors (Lipinski definition) is 18. The van der Waals surface area contributed by atoms with E-state index in [9.17, 15) is 44.3 Å². The van der Waals surface area contributed by atoms with Crippen LogP contribution in [0, 0.1) is 0 Å². The number of azo groups is 1. The average Bonchev–Trinajstić information content (AvgIpc) is 3.01. The molecule has 5 aromatic rings. The van der Waals surface area contributed by atoms with E-state index in [4.69, 9.17) is 9.81 Å². The molecule has 0 saturated carbocycles. The van der Waals surface area contributed by atoms with E-state index in [2.05, 4.69) is 45.2 Å². The quantitative estimate of drug-likeness (QED) is 0.0279. The highest BCUT2D eigenvalue weighted by Crippen LogP contribution is 2.48. The first kappa shape index (κ1) is 36.5. The number of rotatable bonds is 13.